The molecule has 158 valence electrons. The Kier molecular flexibility index (Phi) is 8.79. The standard InChI is InChI=1S/C12H18N4O12/c17-9(18)3-7-11(13(21)22,14(23)24)5-1-2-6-12(15(25)26,16(27)28)8-4-10(19)20/h1-8H2,(H,17,18)(H,19,20). The normalized spacial score (nSPS) is 11.6. The maximum Gasteiger partial charge on any atom is 0.459 e. The number of aliphatic carboxylic acids is 2. The molecular weight excluding hydrogens is 392 g/mol. The van der Waals surface area contributed by atoms with Crippen molar-refractivity contribution in [2.24, 2.45) is 0 Å². The molecular formula is C12H18N4O12. The smallest absolute Gasteiger partial charge is 0.459 e. The summed E-state index contributed by atoms with van der Waals surface area (Å²) >= 11 is 0. The molecule has 0 heterocycles. The highest BCUT2D eigenvalue weighted by Crippen LogP contribution is 2.29. The van der Waals surface area contributed by atoms with Crippen molar-refractivity contribution in [2.75, 3.05) is 0 Å². The Balaban J connectivity index is 5.28. The van der Waals surface area contributed by atoms with Gasteiger partial charge in [-0.25, -0.2) is 0 Å². The van der Waals surface area contributed by atoms with Crippen LogP contribution in [0.25, 0.3) is 0 Å². The van der Waals surface area contributed by atoms with Crippen molar-refractivity contribution in [3.63, 3.8) is 0 Å². The van der Waals surface area contributed by atoms with Crippen LogP contribution >= 0.6 is 0 Å². The first-order chi connectivity index (χ1) is 12.8. The van der Waals surface area contributed by atoms with Crippen LogP contribution in [-0.2, 0) is 9.59 Å². The SMILES string of the molecule is O=C(O)CCC(CCCCC(CCC(=O)O)([N+](=O)[O-])[N+](=O)[O-])([N+](=O)[O-])[N+](=O)[O-]. The van der Waals surface area contributed by atoms with E-state index in [2.05, 4.69) is 0 Å². The molecule has 0 fully saturated rings. The van der Waals surface area contributed by atoms with E-state index in [1.54, 1.807) is 0 Å². The zero-order valence-electron chi connectivity index (χ0n) is 14.4. The number of hydrogen-bond donors (Lipinski definition) is 2. The lowest BCUT2D eigenvalue weighted by Crippen LogP contribution is -2.48. The molecule has 0 amide bonds. The van der Waals surface area contributed by atoms with Crippen LogP contribution in [0.5, 0.6) is 0 Å². The lowest BCUT2D eigenvalue weighted by Gasteiger charge is -2.18. The largest absolute Gasteiger partial charge is 0.481 e. The van der Waals surface area contributed by atoms with Crippen LogP contribution in [0.3, 0.4) is 0 Å². The summed E-state index contributed by atoms with van der Waals surface area (Å²) in [6.45, 7) is 0. The summed E-state index contributed by atoms with van der Waals surface area (Å²) < 4.78 is 0. The molecule has 0 saturated heterocycles. The van der Waals surface area contributed by atoms with Crippen molar-refractivity contribution >= 4 is 11.9 Å². The van der Waals surface area contributed by atoms with Crippen molar-refractivity contribution in [3.05, 3.63) is 40.5 Å². The first-order valence-electron chi connectivity index (χ1n) is 7.83. The van der Waals surface area contributed by atoms with Crippen LogP contribution in [0.1, 0.15) is 51.4 Å². The lowest BCUT2D eigenvalue weighted by atomic mass is 9.93. The van der Waals surface area contributed by atoms with E-state index >= 15 is 0 Å². The molecule has 0 radical (unpaired) electrons. The number of carbonyl (C=O) groups is 2. The average molecular weight is 410 g/mol. The van der Waals surface area contributed by atoms with Crippen LogP contribution in [0.15, 0.2) is 0 Å². The third-order valence-corrected chi connectivity index (χ3v) is 4.24. The van der Waals surface area contributed by atoms with Crippen molar-refractivity contribution in [2.45, 2.75) is 62.7 Å². The summed E-state index contributed by atoms with van der Waals surface area (Å²) in [5, 5.41) is 61.8. The van der Waals surface area contributed by atoms with Gasteiger partial charge in [-0.1, -0.05) is 0 Å². The Morgan fingerprint density at radius 2 is 0.857 bits per heavy atom. The summed E-state index contributed by atoms with van der Waals surface area (Å²) in [6.07, 6.45) is -6.04. The van der Waals surface area contributed by atoms with Crippen LogP contribution < -0.4 is 0 Å². The summed E-state index contributed by atoms with van der Waals surface area (Å²) in [7, 11) is 0. The third-order valence-electron chi connectivity index (χ3n) is 4.24. The second-order valence-electron chi connectivity index (χ2n) is 5.99. The van der Waals surface area contributed by atoms with E-state index in [4.69, 9.17) is 10.2 Å². The predicted octanol–water partition coefficient (Wildman–Crippen LogP) is 0.776. The Morgan fingerprint density at radius 1 is 0.607 bits per heavy atom. The van der Waals surface area contributed by atoms with E-state index in [9.17, 15) is 50.0 Å². The van der Waals surface area contributed by atoms with Gasteiger partial charge in [0.1, 0.15) is 0 Å². The van der Waals surface area contributed by atoms with Crippen LogP contribution in [-0.4, -0.2) is 53.2 Å². The molecule has 16 nitrogen and oxygen atoms in total. The van der Waals surface area contributed by atoms with Gasteiger partial charge in [-0.05, 0) is 12.8 Å². The zero-order valence-corrected chi connectivity index (χ0v) is 14.4. The lowest BCUT2D eigenvalue weighted by molar-refractivity contribution is -0.801. The molecule has 0 aliphatic rings. The number of carboxylic acid groups (broad SMARTS) is 2. The molecule has 2 N–H and O–H groups in total. The van der Waals surface area contributed by atoms with Crippen molar-refractivity contribution < 1.29 is 39.5 Å². The van der Waals surface area contributed by atoms with Gasteiger partial charge in [0.25, 0.3) is 0 Å². The molecule has 0 spiro atoms. The van der Waals surface area contributed by atoms with Gasteiger partial charge in [-0.2, -0.15) is 0 Å². The van der Waals surface area contributed by atoms with Gasteiger partial charge in [-0.3, -0.25) is 50.0 Å². The molecule has 0 rings (SSSR count). The molecule has 0 aliphatic carbocycles. The number of hydrogen-bond acceptors (Lipinski definition) is 10. The van der Waals surface area contributed by atoms with E-state index in [1.165, 1.54) is 0 Å². The molecule has 0 aliphatic heterocycles. The van der Waals surface area contributed by atoms with E-state index in [-0.39, 0.29) is 0 Å². The van der Waals surface area contributed by atoms with Crippen LogP contribution in [0, 0.1) is 40.5 Å². The zero-order chi connectivity index (χ0) is 22.1. The first-order valence-corrected chi connectivity index (χ1v) is 7.83. The highest BCUT2D eigenvalue weighted by atomic mass is 16.7. The van der Waals surface area contributed by atoms with Gasteiger partial charge >= 0.3 is 23.3 Å². The Labute approximate surface area is 155 Å². The number of nitrogens with zero attached hydrogens (tertiary/aromatic N) is 4. The molecule has 0 unspecified atom stereocenters. The topological polar surface area (TPSA) is 247 Å². The van der Waals surface area contributed by atoms with Gasteiger partial charge in [0.2, 0.25) is 0 Å². The molecule has 0 atom stereocenters. The van der Waals surface area contributed by atoms with Crippen LogP contribution in [0.2, 0.25) is 0 Å². The number of unbranched alkanes of at least 4 members (excludes halogenated alkanes) is 1. The van der Waals surface area contributed by atoms with E-state index in [0.717, 1.165) is 0 Å². The highest BCUT2D eigenvalue weighted by molar-refractivity contribution is 5.67. The molecule has 0 aromatic carbocycles. The Bertz CT molecular complexity index is 579. The Morgan fingerprint density at radius 3 is 1.04 bits per heavy atom. The van der Waals surface area contributed by atoms with Crippen molar-refractivity contribution in [3.8, 4) is 0 Å². The molecule has 16 heteroatoms. The fraction of sp³-hybridized carbons (Fsp3) is 0.833. The maximum absolute atomic E-state index is 11.1. The van der Waals surface area contributed by atoms with Gasteiger partial charge < -0.3 is 10.2 Å². The fourth-order valence-electron chi connectivity index (χ4n) is 2.54. The average Bonchev–Trinajstić information content (AvgIpc) is 2.55. The van der Waals surface area contributed by atoms with E-state index in [1.807, 2.05) is 0 Å². The van der Waals surface area contributed by atoms with Gasteiger partial charge in [0.05, 0.1) is 58.2 Å². The minimum atomic E-state index is -2.84. The summed E-state index contributed by atoms with van der Waals surface area (Å²) in [4.78, 5) is 60.8. The van der Waals surface area contributed by atoms with Crippen molar-refractivity contribution in [1.29, 1.82) is 0 Å². The Hall–Kier alpha value is -3.46. The second kappa shape index (κ2) is 10.0. The minimum Gasteiger partial charge on any atom is -0.481 e. The number of carboxylic acids is 2. The monoisotopic (exact) mass is 410 g/mol. The molecule has 0 saturated carbocycles. The van der Waals surface area contributed by atoms with Gasteiger partial charge in [0.15, 0.2) is 0 Å². The minimum absolute atomic E-state index is 0.419. The quantitative estimate of drug-likeness (QED) is 0.164. The molecule has 28 heavy (non-hydrogen) atoms. The predicted molar refractivity (Wildman–Crippen MR) is 85.6 cm³/mol. The maximum atomic E-state index is 11.1. The van der Waals surface area contributed by atoms with Crippen LogP contribution in [0.4, 0.5) is 0 Å². The fourth-order valence-corrected chi connectivity index (χ4v) is 2.54. The van der Waals surface area contributed by atoms with Crippen molar-refractivity contribution in [1.82, 2.24) is 0 Å². The number of rotatable bonds is 15. The first kappa shape index (κ1) is 24.5. The van der Waals surface area contributed by atoms with Gasteiger partial charge in [-0.15, -0.1) is 0 Å². The molecule has 0 bridgehead atoms. The number of nitro groups is 4. The van der Waals surface area contributed by atoms with Gasteiger partial charge in [0, 0.05) is 0 Å². The molecule has 0 aromatic heterocycles. The highest BCUT2D eigenvalue weighted by Gasteiger charge is 2.57. The summed E-state index contributed by atoms with van der Waals surface area (Å²) in [5.41, 5.74) is -5.68. The second-order valence-corrected chi connectivity index (χ2v) is 5.99. The summed E-state index contributed by atoms with van der Waals surface area (Å²) in [6, 6.07) is 0. The third kappa shape index (κ3) is 6.06. The van der Waals surface area contributed by atoms with E-state index in [0.29, 0.717) is 0 Å². The summed E-state index contributed by atoms with van der Waals surface area (Å²) in [5.74, 6) is -3.00. The van der Waals surface area contributed by atoms with E-state index < -0.39 is 94.3 Å². The molecule has 0 aromatic rings.